The van der Waals surface area contributed by atoms with E-state index in [9.17, 15) is 0 Å². The van der Waals surface area contributed by atoms with Crippen LogP contribution in [0.15, 0.2) is 12.1 Å². The predicted octanol–water partition coefficient (Wildman–Crippen LogP) is 2.08. The minimum Gasteiger partial charge on any atom is -0.487 e. The third-order valence-corrected chi connectivity index (χ3v) is 6.88. The summed E-state index contributed by atoms with van der Waals surface area (Å²) in [6.45, 7) is 11.6. The average molecular weight is 809 g/mol. The van der Waals surface area contributed by atoms with Crippen LogP contribution in [0.4, 0.5) is 0 Å². The van der Waals surface area contributed by atoms with E-state index in [4.69, 9.17) is 87.0 Å². The SMILES string of the molecule is C#CCOCCOCCOCCOCCOCc1cc(OCCOCCOCCOC)c(OCCOCCOCCOC)c(OCCOCCOCCOC)c1. The van der Waals surface area contributed by atoms with Gasteiger partial charge in [-0.1, -0.05) is 5.92 Å². The lowest BCUT2D eigenvalue weighted by atomic mass is 10.2. The summed E-state index contributed by atoms with van der Waals surface area (Å²) < 4.78 is 94.6. The van der Waals surface area contributed by atoms with Crippen LogP contribution in [0.25, 0.3) is 0 Å². The highest BCUT2D eigenvalue weighted by molar-refractivity contribution is 5.54. The van der Waals surface area contributed by atoms with E-state index in [0.717, 1.165) is 5.56 Å². The lowest BCUT2D eigenvalue weighted by Crippen LogP contribution is -2.16. The molecule has 0 atom stereocenters. The number of benzene rings is 1. The fourth-order valence-electron chi connectivity index (χ4n) is 4.19. The van der Waals surface area contributed by atoms with Crippen molar-refractivity contribution in [1.29, 1.82) is 0 Å². The molecule has 0 spiro atoms. The molecule has 0 amide bonds. The van der Waals surface area contributed by atoms with Gasteiger partial charge in [-0.15, -0.1) is 6.42 Å². The molecule has 17 nitrogen and oxygen atoms in total. The quantitative estimate of drug-likeness (QED) is 0.0697. The van der Waals surface area contributed by atoms with Gasteiger partial charge in [-0.25, -0.2) is 0 Å². The summed E-state index contributed by atoms with van der Waals surface area (Å²) in [7, 11) is 4.89. The maximum atomic E-state index is 6.19. The second kappa shape index (κ2) is 42.2. The molecule has 0 bridgehead atoms. The van der Waals surface area contributed by atoms with Gasteiger partial charge in [-0.2, -0.15) is 0 Å². The van der Waals surface area contributed by atoms with Crippen LogP contribution in [-0.4, -0.2) is 200 Å². The van der Waals surface area contributed by atoms with E-state index < -0.39 is 0 Å². The largest absolute Gasteiger partial charge is 0.487 e. The number of ether oxygens (including phenoxy) is 17. The van der Waals surface area contributed by atoms with Crippen LogP contribution in [0.5, 0.6) is 17.2 Å². The van der Waals surface area contributed by atoms with E-state index >= 15 is 0 Å². The molecule has 17 heteroatoms. The molecule has 1 aromatic carbocycles. The highest BCUT2D eigenvalue weighted by Crippen LogP contribution is 2.39. The Morgan fingerprint density at radius 2 is 0.643 bits per heavy atom. The Labute approximate surface area is 333 Å². The summed E-state index contributed by atoms with van der Waals surface area (Å²) in [5.74, 6) is 3.80. The van der Waals surface area contributed by atoms with Gasteiger partial charge >= 0.3 is 0 Å². The third-order valence-electron chi connectivity index (χ3n) is 6.88. The molecule has 0 unspecified atom stereocenters. The molecule has 0 fully saturated rings. The van der Waals surface area contributed by atoms with Crippen LogP contribution in [0.1, 0.15) is 5.56 Å². The number of methoxy groups -OCH3 is 3. The summed E-state index contributed by atoms with van der Waals surface area (Å²) in [6.07, 6.45) is 5.13. The van der Waals surface area contributed by atoms with Gasteiger partial charge in [0.1, 0.15) is 26.4 Å². The van der Waals surface area contributed by atoms with Crippen molar-refractivity contribution in [2.24, 2.45) is 0 Å². The van der Waals surface area contributed by atoms with E-state index in [1.807, 2.05) is 12.1 Å². The van der Waals surface area contributed by atoms with Gasteiger partial charge in [0, 0.05) is 21.3 Å². The molecule has 0 aliphatic rings. The Morgan fingerprint density at radius 3 is 0.982 bits per heavy atom. The second-order valence-corrected chi connectivity index (χ2v) is 11.3. The minimum atomic E-state index is 0.251. The van der Waals surface area contributed by atoms with Crippen molar-refractivity contribution >= 4 is 0 Å². The Balaban J connectivity index is 2.73. The van der Waals surface area contributed by atoms with Crippen molar-refractivity contribution in [2.45, 2.75) is 6.61 Å². The molecule has 326 valence electrons. The summed E-state index contributed by atoms with van der Waals surface area (Å²) in [5.41, 5.74) is 0.819. The standard InChI is InChI=1S/C39H68O17/c1-5-6-43-13-14-47-18-19-48-20-21-49-25-26-53-35-36-33-37(54-30-27-50-22-15-44-10-7-40-2)39(56-32-29-52-24-17-46-12-9-42-4)38(34-36)55-31-28-51-23-16-45-11-8-41-3/h1,33-34H,6-32,35H2,2-4H3. The highest BCUT2D eigenvalue weighted by atomic mass is 16.6. The molecular weight excluding hydrogens is 740 g/mol. The van der Waals surface area contributed by atoms with E-state index in [-0.39, 0.29) is 33.0 Å². The molecule has 0 N–H and O–H groups in total. The second-order valence-electron chi connectivity index (χ2n) is 11.3. The normalized spacial score (nSPS) is 11.2. The maximum Gasteiger partial charge on any atom is 0.203 e. The van der Waals surface area contributed by atoms with Gasteiger partial charge < -0.3 is 80.5 Å². The molecule has 0 aliphatic heterocycles. The van der Waals surface area contributed by atoms with Gasteiger partial charge in [0.25, 0.3) is 0 Å². The first-order chi connectivity index (χ1) is 27.8. The summed E-state index contributed by atoms with van der Waals surface area (Å²) in [6, 6.07) is 3.73. The van der Waals surface area contributed by atoms with E-state index in [0.29, 0.717) is 169 Å². The number of rotatable bonds is 45. The number of hydrogen-bond acceptors (Lipinski definition) is 17. The molecule has 0 saturated carbocycles. The zero-order valence-electron chi connectivity index (χ0n) is 34.0. The Hall–Kier alpha value is -2.38. The van der Waals surface area contributed by atoms with Gasteiger partial charge in [0.05, 0.1) is 159 Å². The molecule has 1 rings (SSSR count). The fourth-order valence-corrected chi connectivity index (χ4v) is 4.19. The van der Waals surface area contributed by atoms with Crippen LogP contribution in [0, 0.1) is 12.3 Å². The zero-order valence-corrected chi connectivity index (χ0v) is 34.0. The Bertz CT molecular complexity index is 969. The van der Waals surface area contributed by atoms with Crippen molar-refractivity contribution in [3.8, 4) is 29.6 Å². The molecule has 0 radical (unpaired) electrons. The van der Waals surface area contributed by atoms with Crippen LogP contribution >= 0.6 is 0 Å². The van der Waals surface area contributed by atoms with Crippen LogP contribution in [-0.2, 0) is 72.9 Å². The lowest BCUT2D eigenvalue weighted by molar-refractivity contribution is -0.0108. The van der Waals surface area contributed by atoms with Gasteiger partial charge in [-0.05, 0) is 17.7 Å². The first-order valence-corrected chi connectivity index (χ1v) is 19.1. The van der Waals surface area contributed by atoms with Gasteiger partial charge in [0.2, 0.25) is 5.75 Å². The topological polar surface area (TPSA) is 157 Å². The van der Waals surface area contributed by atoms with Gasteiger partial charge in [0.15, 0.2) is 11.5 Å². The van der Waals surface area contributed by atoms with Gasteiger partial charge in [-0.3, -0.25) is 0 Å². The molecule has 0 aromatic heterocycles. The van der Waals surface area contributed by atoms with Crippen molar-refractivity contribution in [3.05, 3.63) is 17.7 Å². The van der Waals surface area contributed by atoms with Crippen LogP contribution < -0.4 is 14.2 Å². The maximum absolute atomic E-state index is 6.19. The molecule has 0 heterocycles. The fraction of sp³-hybridized carbons (Fsp3) is 0.795. The smallest absolute Gasteiger partial charge is 0.203 e. The third kappa shape index (κ3) is 32.7. The molecule has 1 aromatic rings. The number of terminal acetylenes is 1. The van der Waals surface area contributed by atoms with Crippen molar-refractivity contribution in [1.82, 2.24) is 0 Å². The predicted molar refractivity (Wildman–Crippen MR) is 205 cm³/mol. The van der Waals surface area contributed by atoms with E-state index in [2.05, 4.69) is 5.92 Å². The highest BCUT2D eigenvalue weighted by Gasteiger charge is 2.17. The monoisotopic (exact) mass is 808 g/mol. The molecular formula is C39H68O17. The zero-order chi connectivity index (χ0) is 40.3. The molecule has 0 aliphatic carbocycles. The van der Waals surface area contributed by atoms with E-state index in [1.165, 1.54) is 0 Å². The number of hydrogen-bond donors (Lipinski definition) is 0. The van der Waals surface area contributed by atoms with Crippen molar-refractivity contribution < 1.29 is 80.5 Å². The van der Waals surface area contributed by atoms with Crippen LogP contribution in [0.3, 0.4) is 0 Å². The first-order valence-electron chi connectivity index (χ1n) is 19.1. The van der Waals surface area contributed by atoms with Crippen molar-refractivity contribution in [2.75, 3.05) is 200 Å². The molecule has 56 heavy (non-hydrogen) atoms. The Kier molecular flexibility index (Phi) is 38.9. The molecule has 0 saturated heterocycles. The van der Waals surface area contributed by atoms with E-state index in [1.54, 1.807) is 21.3 Å². The van der Waals surface area contributed by atoms with Crippen molar-refractivity contribution in [3.63, 3.8) is 0 Å². The lowest BCUT2D eigenvalue weighted by Gasteiger charge is -2.19. The van der Waals surface area contributed by atoms with Crippen LogP contribution in [0.2, 0.25) is 0 Å². The summed E-state index contributed by atoms with van der Waals surface area (Å²) in [4.78, 5) is 0. The Morgan fingerprint density at radius 1 is 0.357 bits per heavy atom. The first kappa shape index (κ1) is 51.6. The summed E-state index contributed by atoms with van der Waals surface area (Å²) >= 11 is 0. The average Bonchev–Trinajstić information content (AvgIpc) is 3.21. The summed E-state index contributed by atoms with van der Waals surface area (Å²) in [5, 5.41) is 0. The minimum absolute atomic E-state index is 0.251.